The predicted octanol–water partition coefficient (Wildman–Crippen LogP) is 4.91. The zero-order valence-electron chi connectivity index (χ0n) is 12.2. The summed E-state index contributed by atoms with van der Waals surface area (Å²) in [7, 11) is 0. The van der Waals surface area contributed by atoms with Gasteiger partial charge >= 0.3 is 5.97 Å². The summed E-state index contributed by atoms with van der Waals surface area (Å²) in [5, 5.41) is 0. The highest BCUT2D eigenvalue weighted by atomic mass is 32.2. The van der Waals surface area contributed by atoms with Crippen LogP contribution in [0.4, 0.5) is 0 Å². The van der Waals surface area contributed by atoms with Crippen LogP contribution < -0.4 is 0 Å². The van der Waals surface area contributed by atoms with E-state index in [1.54, 1.807) is 6.92 Å². The number of thioether (sulfide) groups is 1. The number of benzene rings is 2. The first-order valence-electron chi connectivity index (χ1n) is 6.75. The molecule has 2 aromatic rings. The van der Waals surface area contributed by atoms with Gasteiger partial charge in [-0.05, 0) is 31.0 Å². The minimum atomic E-state index is -0.354. The van der Waals surface area contributed by atoms with E-state index in [9.17, 15) is 4.79 Å². The van der Waals surface area contributed by atoms with Crippen LogP contribution in [-0.2, 0) is 9.53 Å². The molecule has 0 aliphatic heterocycles. The molecule has 0 saturated carbocycles. The number of hydrogen-bond acceptors (Lipinski definition) is 3. The molecule has 0 saturated heterocycles. The average Bonchev–Trinajstić information content (AvgIpc) is 2.48. The summed E-state index contributed by atoms with van der Waals surface area (Å²) in [6, 6.07) is 18.3. The van der Waals surface area contributed by atoms with Gasteiger partial charge in [-0.1, -0.05) is 66.9 Å². The van der Waals surface area contributed by atoms with Gasteiger partial charge in [-0.25, -0.2) is 4.79 Å². The monoisotopic (exact) mass is 298 g/mol. The first kappa shape index (κ1) is 15.4. The molecule has 2 rings (SSSR count). The van der Waals surface area contributed by atoms with Gasteiger partial charge in [-0.15, -0.1) is 0 Å². The molecular formula is C18H18O2S. The normalized spacial score (nSPS) is 11.7. The molecule has 0 spiro atoms. The van der Waals surface area contributed by atoms with E-state index in [1.807, 2.05) is 43.3 Å². The van der Waals surface area contributed by atoms with Gasteiger partial charge in [0.1, 0.15) is 5.44 Å². The lowest BCUT2D eigenvalue weighted by atomic mass is 10.1. The Hall–Kier alpha value is -2.00. The number of esters is 1. The Morgan fingerprint density at radius 1 is 1.10 bits per heavy atom. The molecule has 108 valence electrons. The highest BCUT2D eigenvalue weighted by Gasteiger charge is 2.13. The highest BCUT2D eigenvalue weighted by molar-refractivity contribution is 7.99. The molecule has 2 nitrogen and oxygen atoms in total. The van der Waals surface area contributed by atoms with Crippen molar-refractivity contribution in [1.82, 2.24) is 0 Å². The van der Waals surface area contributed by atoms with Crippen LogP contribution in [0, 0.1) is 0 Å². The van der Waals surface area contributed by atoms with Gasteiger partial charge in [-0.2, -0.15) is 0 Å². The second-order valence-electron chi connectivity index (χ2n) is 4.73. The van der Waals surface area contributed by atoms with E-state index < -0.39 is 0 Å². The molecule has 0 N–H and O–H groups in total. The quantitative estimate of drug-likeness (QED) is 0.339. The second kappa shape index (κ2) is 7.14. The van der Waals surface area contributed by atoms with Crippen LogP contribution in [0.25, 0.3) is 11.1 Å². The third-order valence-electron chi connectivity index (χ3n) is 2.89. The van der Waals surface area contributed by atoms with Crippen molar-refractivity contribution in [2.75, 3.05) is 0 Å². The Balaban J connectivity index is 2.18. The molecule has 3 heteroatoms. The number of ether oxygens (including phenoxy) is 1. The Morgan fingerprint density at radius 3 is 2.38 bits per heavy atom. The van der Waals surface area contributed by atoms with Crippen molar-refractivity contribution in [3.63, 3.8) is 0 Å². The highest BCUT2D eigenvalue weighted by Crippen LogP contribution is 2.34. The molecule has 1 atom stereocenters. The maximum absolute atomic E-state index is 11.6. The smallest absolute Gasteiger partial charge is 0.334 e. The van der Waals surface area contributed by atoms with Crippen molar-refractivity contribution < 1.29 is 9.53 Å². The van der Waals surface area contributed by atoms with Crippen LogP contribution in [-0.4, -0.2) is 11.4 Å². The van der Waals surface area contributed by atoms with Crippen LogP contribution in [0.2, 0.25) is 0 Å². The van der Waals surface area contributed by atoms with Crippen molar-refractivity contribution in [1.29, 1.82) is 0 Å². The van der Waals surface area contributed by atoms with E-state index in [0.29, 0.717) is 5.57 Å². The fraction of sp³-hybridized carbons (Fsp3) is 0.167. The van der Waals surface area contributed by atoms with Crippen molar-refractivity contribution in [2.24, 2.45) is 0 Å². The fourth-order valence-electron chi connectivity index (χ4n) is 1.88. The summed E-state index contributed by atoms with van der Waals surface area (Å²) in [5.41, 5.74) is 2.44. The van der Waals surface area contributed by atoms with Crippen molar-refractivity contribution >= 4 is 17.7 Å². The van der Waals surface area contributed by atoms with Gasteiger partial charge in [0.2, 0.25) is 0 Å². The molecule has 0 heterocycles. The molecule has 0 aliphatic carbocycles. The Labute approximate surface area is 129 Å². The molecule has 0 aliphatic rings. The first-order valence-corrected chi connectivity index (χ1v) is 7.63. The van der Waals surface area contributed by atoms with Crippen LogP contribution in [0.1, 0.15) is 13.8 Å². The van der Waals surface area contributed by atoms with Crippen molar-refractivity contribution in [3.8, 4) is 11.1 Å². The molecule has 0 aromatic heterocycles. The molecule has 0 radical (unpaired) electrons. The maximum Gasteiger partial charge on any atom is 0.334 e. The number of carbonyl (C=O) groups is 1. The Morgan fingerprint density at radius 2 is 1.71 bits per heavy atom. The zero-order chi connectivity index (χ0) is 15.2. The van der Waals surface area contributed by atoms with Gasteiger partial charge in [0.25, 0.3) is 0 Å². The lowest BCUT2D eigenvalue weighted by molar-refractivity contribution is -0.139. The first-order chi connectivity index (χ1) is 10.1. The van der Waals surface area contributed by atoms with E-state index in [-0.39, 0.29) is 11.4 Å². The van der Waals surface area contributed by atoms with E-state index in [2.05, 4.69) is 24.8 Å². The van der Waals surface area contributed by atoms with Crippen LogP contribution in [0.3, 0.4) is 0 Å². The summed E-state index contributed by atoms with van der Waals surface area (Å²) < 4.78 is 5.33. The summed E-state index contributed by atoms with van der Waals surface area (Å²) in [5.74, 6) is -0.354. The van der Waals surface area contributed by atoms with Crippen molar-refractivity contribution in [3.05, 3.63) is 66.7 Å². The molecule has 1 unspecified atom stereocenters. The van der Waals surface area contributed by atoms with Gasteiger partial charge in [-0.3, -0.25) is 0 Å². The lowest BCUT2D eigenvalue weighted by Gasteiger charge is -2.15. The third kappa shape index (κ3) is 4.23. The molecule has 0 fully saturated rings. The summed E-state index contributed by atoms with van der Waals surface area (Å²) >= 11 is 1.53. The largest absolute Gasteiger partial charge is 0.448 e. The summed E-state index contributed by atoms with van der Waals surface area (Å²) in [6.07, 6.45) is 0. The van der Waals surface area contributed by atoms with E-state index in [4.69, 9.17) is 4.74 Å². The van der Waals surface area contributed by atoms with Crippen LogP contribution in [0.15, 0.2) is 71.6 Å². The zero-order valence-corrected chi connectivity index (χ0v) is 13.0. The molecule has 0 amide bonds. The standard InChI is InChI=1S/C18H18O2S/c1-13(2)18(19)20-14(3)21-17-12-8-7-11-16(17)15-9-5-4-6-10-15/h4-12,14H,1H2,2-3H3. The van der Waals surface area contributed by atoms with Crippen LogP contribution in [0.5, 0.6) is 0 Å². The third-order valence-corrected chi connectivity index (χ3v) is 3.92. The van der Waals surface area contributed by atoms with Gasteiger partial charge < -0.3 is 4.74 Å². The van der Waals surface area contributed by atoms with E-state index in [0.717, 1.165) is 16.0 Å². The van der Waals surface area contributed by atoms with Gasteiger partial charge in [0.05, 0.1) is 0 Å². The average molecular weight is 298 g/mol. The molecule has 0 bridgehead atoms. The number of hydrogen-bond donors (Lipinski definition) is 0. The fourth-order valence-corrected chi connectivity index (χ4v) is 2.84. The van der Waals surface area contributed by atoms with E-state index >= 15 is 0 Å². The SMILES string of the molecule is C=C(C)C(=O)OC(C)Sc1ccccc1-c1ccccc1. The molecule has 2 aromatic carbocycles. The van der Waals surface area contributed by atoms with Gasteiger partial charge in [0, 0.05) is 10.5 Å². The minimum Gasteiger partial charge on any atom is -0.448 e. The Kier molecular flexibility index (Phi) is 5.23. The van der Waals surface area contributed by atoms with Gasteiger partial charge in [0.15, 0.2) is 0 Å². The predicted molar refractivity (Wildman–Crippen MR) is 88.1 cm³/mol. The topological polar surface area (TPSA) is 26.3 Å². The molecule has 21 heavy (non-hydrogen) atoms. The summed E-state index contributed by atoms with van der Waals surface area (Å²) in [4.78, 5) is 12.7. The summed E-state index contributed by atoms with van der Waals surface area (Å²) in [6.45, 7) is 7.12. The lowest BCUT2D eigenvalue weighted by Crippen LogP contribution is -2.12. The minimum absolute atomic E-state index is 0.265. The van der Waals surface area contributed by atoms with Crippen molar-refractivity contribution in [2.45, 2.75) is 24.2 Å². The van der Waals surface area contributed by atoms with E-state index in [1.165, 1.54) is 11.8 Å². The van der Waals surface area contributed by atoms with Crippen LogP contribution >= 0.6 is 11.8 Å². The number of rotatable bonds is 5. The maximum atomic E-state index is 11.6. The number of carbonyl (C=O) groups excluding carboxylic acids is 1. The molecular weight excluding hydrogens is 280 g/mol. The second-order valence-corrected chi connectivity index (χ2v) is 6.07. The Bertz CT molecular complexity index is 635.